The van der Waals surface area contributed by atoms with Crippen molar-refractivity contribution in [2.75, 3.05) is 20.3 Å². The standard InChI is InChI=1S/C18H15F2NO5/c1-24-14-5-2-12(3-6-14)9-21-26-11-18(23)25-10-17(22)13-4-7-15(19)16(20)8-13/h2-9H,10-11H2,1H3/b21-9-. The first-order chi connectivity index (χ1) is 12.5. The number of rotatable bonds is 8. The largest absolute Gasteiger partial charge is 0.497 e. The van der Waals surface area contributed by atoms with Crippen molar-refractivity contribution < 1.29 is 32.7 Å². The van der Waals surface area contributed by atoms with Gasteiger partial charge in [-0.15, -0.1) is 0 Å². The van der Waals surface area contributed by atoms with Gasteiger partial charge in [0.1, 0.15) is 5.75 Å². The van der Waals surface area contributed by atoms with E-state index in [2.05, 4.69) is 5.16 Å². The van der Waals surface area contributed by atoms with E-state index in [4.69, 9.17) is 14.3 Å². The van der Waals surface area contributed by atoms with E-state index < -0.39 is 36.6 Å². The summed E-state index contributed by atoms with van der Waals surface area (Å²) in [5.41, 5.74) is 0.628. The number of Topliss-reactive ketones (excluding diaryl/α,β-unsaturated/α-hetero) is 1. The number of benzene rings is 2. The third-order valence-electron chi connectivity index (χ3n) is 3.18. The third-order valence-corrected chi connectivity index (χ3v) is 3.18. The summed E-state index contributed by atoms with van der Waals surface area (Å²) in [6.45, 7) is -1.12. The van der Waals surface area contributed by atoms with Gasteiger partial charge in [0.05, 0.1) is 13.3 Å². The fraction of sp³-hybridized carbons (Fsp3) is 0.167. The summed E-state index contributed by atoms with van der Waals surface area (Å²) in [4.78, 5) is 28.0. The lowest BCUT2D eigenvalue weighted by molar-refractivity contribution is -0.147. The monoisotopic (exact) mass is 363 g/mol. The number of ether oxygens (including phenoxy) is 2. The zero-order valence-electron chi connectivity index (χ0n) is 13.8. The molecule has 0 heterocycles. The van der Waals surface area contributed by atoms with Crippen molar-refractivity contribution in [2.24, 2.45) is 5.16 Å². The van der Waals surface area contributed by atoms with Crippen molar-refractivity contribution in [1.29, 1.82) is 0 Å². The number of hydrogen-bond donors (Lipinski definition) is 0. The van der Waals surface area contributed by atoms with E-state index in [1.807, 2.05) is 0 Å². The van der Waals surface area contributed by atoms with Gasteiger partial charge in [-0.25, -0.2) is 13.6 Å². The van der Waals surface area contributed by atoms with E-state index in [0.717, 1.165) is 23.8 Å². The second kappa shape index (κ2) is 9.26. The number of hydrogen-bond acceptors (Lipinski definition) is 6. The third kappa shape index (κ3) is 5.66. The van der Waals surface area contributed by atoms with Gasteiger partial charge >= 0.3 is 5.97 Å². The minimum absolute atomic E-state index is 0.102. The first-order valence-corrected chi connectivity index (χ1v) is 7.43. The average molecular weight is 363 g/mol. The highest BCUT2D eigenvalue weighted by Gasteiger charge is 2.12. The molecule has 2 aromatic rings. The van der Waals surface area contributed by atoms with Crippen molar-refractivity contribution >= 4 is 18.0 Å². The molecule has 0 saturated carbocycles. The lowest BCUT2D eigenvalue weighted by Gasteiger charge is -2.04. The molecule has 0 bridgehead atoms. The molecule has 8 heteroatoms. The summed E-state index contributed by atoms with van der Waals surface area (Å²) >= 11 is 0. The van der Waals surface area contributed by atoms with Crippen LogP contribution in [0.25, 0.3) is 0 Å². The smallest absolute Gasteiger partial charge is 0.347 e. The molecule has 2 rings (SSSR count). The van der Waals surface area contributed by atoms with Gasteiger partial charge in [-0.1, -0.05) is 5.16 Å². The Hall–Kier alpha value is -3.29. The summed E-state index contributed by atoms with van der Waals surface area (Å²) in [7, 11) is 1.55. The molecule has 2 aromatic carbocycles. The van der Waals surface area contributed by atoms with Crippen LogP contribution in [0.5, 0.6) is 5.75 Å². The van der Waals surface area contributed by atoms with Gasteiger partial charge in [0.15, 0.2) is 24.0 Å². The number of methoxy groups -OCH3 is 1. The Morgan fingerprint density at radius 3 is 2.42 bits per heavy atom. The van der Waals surface area contributed by atoms with Gasteiger partial charge in [0.25, 0.3) is 0 Å². The summed E-state index contributed by atoms with van der Waals surface area (Å²) in [5.74, 6) is -3.02. The minimum atomic E-state index is -1.15. The van der Waals surface area contributed by atoms with E-state index in [-0.39, 0.29) is 5.56 Å². The van der Waals surface area contributed by atoms with Gasteiger partial charge in [-0.3, -0.25) is 4.79 Å². The van der Waals surface area contributed by atoms with Crippen molar-refractivity contribution in [3.8, 4) is 5.75 Å². The molecule has 6 nitrogen and oxygen atoms in total. The van der Waals surface area contributed by atoms with Crippen molar-refractivity contribution in [3.05, 3.63) is 65.2 Å². The van der Waals surface area contributed by atoms with Crippen LogP contribution in [-0.2, 0) is 14.4 Å². The second-order valence-corrected chi connectivity index (χ2v) is 4.99. The zero-order valence-corrected chi connectivity index (χ0v) is 13.8. The number of ketones is 1. The van der Waals surface area contributed by atoms with Crippen LogP contribution < -0.4 is 4.74 Å². The van der Waals surface area contributed by atoms with E-state index >= 15 is 0 Å². The molecular weight excluding hydrogens is 348 g/mol. The van der Waals surface area contributed by atoms with Crippen LogP contribution >= 0.6 is 0 Å². The van der Waals surface area contributed by atoms with Crippen molar-refractivity contribution in [1.82, 2.24) is 0 Å². The molecule has 0 saturated heterocycles. The van der Waals surface area contributed by atoms with Crippen LogP contribution in [-0.4, -0.2) is 38.3 Å². The highest BCUT2D eigenvalue weighted by Crippen LogP contribution is 2.10. The van der Waals surface area contributed by atoms with Gasteiger partial charge < -0.3 is 14.3 Å². The lowest BCUT2D eigenvalue weighted by Crippen LogP contribution is -2.17. The van der Waals surface area contributed by atoms with E-state index in [9.17, 15) is 18.4 Å². The first-order valence-electron chi connectivity index (χ1n) is 7.43. The summed E-state index contributed by atoms with van der Waals surface area (Å²) in [6, 6.07) is 9.61. The molecular formula is C18H15F2NO5. The van der Waals surface area contributed by atoms with Crippen molar-refractivity contribution in [2.45, 2.75) is 0 Å². The quantitative estimate of drug-likeness (QED) is 0.312. The number of carbonyl (C=O) groups is 2. The molecule has 0 N–H and O–H groups in total. The molecule has 0 aromatic heterocycles. The maximum Gasteiger partial charge on any atom is 0.347 e. The van der Waals surface area contributed by atoms with Crippen LogP contribution in [0.1, 0.15) is 15.9 Å². The fourth-order valence-corrected chi connectivity index (χ4v) is 1.82. The molecule has 136 valence electrons. The number of esters is 1. The van der Waals surface area contributed by atoms with Gasteiger partial charge in [0.2, 0.25) is 6.61 Å². The normalized spacial score (nSPS) is 10.6. The van der Waals surface area contributed by atoms with Crippen LogP contribution in [0.2, 0.25) is 0 Å². The molecule has 0 aliphatic rings. The Morgan fingerprint density at radius 2 is 1.77 bits per heavy atom. The lowest BCUT2D eigenvalue weighted by atomic mass is 10.1. The summed E-state index contributed by atoms with van der Waals surface area (Å²) in [5, 5.41) is 3.60. The van der Waals surface area contributed by atoms with Gasteiger partial charge in [-0.2, -0.15) is 0 Å². The molecule has 0 unspecified atom stereocenters. The highest BCUT2D eigenvalue weighted by atomic mass is 19.2. The zero-order chi connectivity index (χ0) is 18.9. The molecule has 0 aliphatic heterocycles. The Morgan fingerprint density at radius 1 is 1.04 bits per heavy atom. The van der Waals surface area contributed by atoms with Gasteiger partial charge in [-0.05, 0) is 48.0 Å². The molecule has 0 aliphatic carbocycles. The minimum Gasteiger partial charge on any atom is -0.497 e. The van der Waals surface area contributed by atoms with Gasteiger partial charge in [0, 0.05) is 5.56 Å². The Kier molecular flexibility index (Phi) is 6.78. The average Bonchev–Trinajstić information content (AvgIpc) is 2.66. The SMILES string of the molecule is COc1ccc(/C=N\OCC(=O)OCC(=O)c2ccc(F)c(F)c2)cc1. The topological polar surface area (TPSA) is 74.2 Å². The first kappa shape index (κ1) is 19.0. The molecule has 0 fully saturated rings. The molecule has 0 amide bonds. The van der Waals surface area contributed by atoms with E-state index in [1.54, 1.807) is 31.4 Å². The Bertz CT molecular complexity index is 806. The maximum absolute atomic E-state index is 13.0. The predicted octanol–water partition coefficient (Wildman–Crippen LogP) is 2.75. The number of halogens is 2. The number of carbonyl (C=O) groups excluding carboxylic acids is 2. The number of nitrogens with zero attached hydrogens (tertiary/aromatic N) is 1. The molecule has 0 atom stereocenters. The number of oxime groups is 1. The molecule has 0 spiro atoms. The predicted molar refractivity (Wildman–Crippen MR) is 88.2 cm³/mol. The van der Waals surface area contributed by atoms with E-state index in [0.29, 0.717) is 5.75 Å². The summed E-state index contributed by atoms with van der Waals surface area (Å²) in [6.07, 6.45) is 1.39. The molecule has 26 heavy (non-hydrogen) atoms. The molecule has 0 radical (unpaired) electrons. The van der Waals surface area contributed by atoms with Crippen LogP contribution in [0, 0.1) is 11.6 Å². The Labute approximate surface area is 148 Å². The van der Waals surface area contributed by atoms with Crippen LogP contribution in [0.15, 0.2) is 47.6 Å². The van der Waals surface area contributed by atoms with Crippen molar-refractivity contribution in [3.63, 3.8) is 0 Å². The second-order valence-electron chi connectivity index (χ2n) is 4.99. The van der Waals surface area contributed by atoms with Crippen LogP contribution in [0.4, 0.5) is 8.78 Å². The fourth-order valence-electron chi connectivity index (χ4n) is 1.82. The summed E-state index contributed by atoms with van der Waals surface area (Å²) < 4.78 is 35.6. The van der Waals surface area contributed by atoms with Crippen LogP contribution in [0.3, 0.4) is 0 Å². The Balaban J connectivity index is 1.73. The highest BCUT2D eigenvalue weighted by molar-refractivity contribution is 5.97. The maximum atomic E-state index is 13.0. The van der Waals surface area contributed by atoms with E-state index in [1.165, 1.54) is 6.21 Å².